The van der Waals surface area contributed by atoms with Crippen LogP contribution in [0.5, 0.6) is 0 Å². The maximum absolute atomic E-state index is 5.51. The van der Waals surface area contributed by atoms with Gasteiger partial charge in [0, 0.05) is 31.7 Å². The van der Waals surface area contributed by atoms with Gasteiger partial charge in [0.15, 0.2) is 5.82 Å². The van der Waals surface area contributed by atoms with E-state index in [1.165, 1.54) is 4.80 Å². The fraction of sp³-hybridized carbons (Fsp3) is 0.923. The van der Waals surface area contributed by atoms with E-state index >= 15 is 0 Å². The Kier molecular flexibility index (Phi) is 4.20. The van der Waals surface area contributed by atoms with Gasteiger partial charge in [0.05, 0.1) is 7.05 Å². The van der Waals surface area contributed by atoms with E-state index in [4.69, 9.17) is 4.74 Å². The number of hydrogen-bond acceptors (Lipinski definition) is 5. The van der Waals surface area contributed by atoms with Crippen LogP contribution in [0.1, 0.15) is 39.4 Å². The molecule has 0 aromatic carbocycles. The largest absolute Gasteiger partial charge is 0.381 e. The van der Waals surface area contributed by atoms with Crippen LogP contribution in [0.15, 0.2) is 0 Å². The maximum atomic E-state index is 5.51. The Morgan fingerprint density at radius 3 is 2.53 bits per heavy atom. The van der Waals surface area contributed by atoms with E-state index in [-0.39, 0.29) is 11.0 Å². The molecule has 1 aliphatic heterocycles. The van der Waals surface area contributed by atoms with Crippen LogP contribution in [0, 0.1) is 5.41 Å². The molecule has 2 rings (SSSR count). The summed E-state index contributed by atoms with van der Waals surface area (Å²) in [5.74, 6) is 0.833. The van der Waals surface area contributed by atoms with Crippen molar-refractivity contribution in [1.82, 2.24) is 25.5 Å². The number of rotatable bonds is 4. The molecule has 0 radical (unpaired) electrons. The van der Waals surface area contributed by atoms with E-state index in [9.17, 15) is 0 Å². The monoisotopic (exact) mass is 267 g/mol. The fourth-order valence-electron chi connectivity index (χ4n) is 2.40. The minimum atomic E-state index is 0.126. The van der Waals surface area contributed by atoms with E-state index in [1.807, 2.05) is 0 Å². The molecule has 6 heteroatoms. The fourth-order valence-corrected chi connectivity index (χ4v) is 2.40. The van der Waals surface area contributed by atoms with Crippen molar-refractivity contribution in [3.63, 3.8) is 0 Å². The normalized spacial score (nSPS) is 19.6. The second-order valence-electron chi connectivity index (χ2n) is 6.59. The number of nitrogens with one attached hydrogen (secondary N) is 1. The lowest BCUT2D eigenvalue weighted by Gasteiger charge is -2.39. The van der Waals surface area contributed by atoms with Crippen molar-refractivity contribution in [3.8, 4) is 0 Å². The van der Waals surface area contributed by atoms with E-state index in [0.29, 0.717) is 0 Å². The molecule has 0 atom stereocenters. The second kappa shape index (κ2) is 5.54. The van der Waals surface area contributed by atoms with Gasteiger partial charge in [-0.25, -0.2) is 0 Å². The van der Waals surface area contributed by atoms with Gasteiger partial charge in [0.2, 0.25) is 0 Å². The van der Waals surface area contributed by atoms with Crippen molar-refractivity contribution in [2.45, 2.75) is 45.6 Å². The van der Waals surface area contributed by atoms with E-state index < -0.39 is 0 Å². The Labute approximate surface area is 114 Å². The van der Waals surface area contributed by atoms with Gasteiger partial charge in [-0.05, 0) is 44.2 Å². The van der Waals surface area contributed by atoms with E-state index in [2.05, 4.69) is 41.5 Å². The van der Waals surface area contributed by atoms with Crippen molar-refractivity contribution in [2.75, 3.05) is 19.8 Å². The van der Waals surface area contributed by atoms with Crippen LogP contribution >= 0.6 is 0 Å². The summed E-state index contributed by atoms with van der Waals surface area (Å²) in [7, 11) is 1.81. The molecule has 108 valence electrons. The van der Waals surface area contributed by atoms with Crippen LogP contribution in [-0.4, -0.2) is 45.5 Å². The molecule has 1 aromatic heterocycles. The van der Waals surface area contributed by atoms with Gasteiger partial charge in [0.25, 0.3) is 0 Å². The Hall–Kier alpha value is -1.01. The summed E-state index contributed by atoms with van der Waals surface area (Å²) in [6.45, 7) is 9.21. The average molecular weight is 267 g/mol. The molecule has 1 aliphatic rings. The Morgan fingerprint density at radius 2 is 2.00 bits per heavy atom. The molecule has 19 heavy (non-hydrogen) atoms. The highest BCUT2D eigenvalue weighted by molar-refractivity contribution is 4.94. The summed E-state index contributed by atoms with van der Waals surface area (Å²) >= 11 is 0. The summed E-state index contributed by atoms with van der Waals surface area (Å²) in [6, 6.07) is 0. The third kappa shape index (κ3) is 4.24. The number of tetrazole rings is 1. The molecule has 1 aromatic rings. The van der Waals surface area contributed by atoms with Crippen LogP contribution in [0.25, 0.3) is 0 Å². The first kappa shape index (κ1) is 14.4. The first-order valence-electron chi connectivity index (χ1n) is 6.94. The summed E-state index contributed by atoms with van der Waals surface area (Å²) in [4.78, 5) is 1.53. The van der Waals surface area contributed by atoms with Crippen molar-refractivity contribution in [3.05, 3.63) is 5.82 Å². The molecule has 0 spiro atoms. The van der Waals surface area contributed by atoms with Crippen molar-refractivity contribution in [2.24, 2.45) is 12.5 Å². The third-order valence-corrected chi connectivity index (χ3v) is 3.63. The first-order chi connectivity index (χ1) is 8.89. The highest BCUT2D eigenvalue weighted by Gasteiger charge is 2.35. The predicted molar refractivity (Wildman–Crippen MR) is 72.7 cm³/mol. The molecule has 0 unspecified atom stereocenters. The van der Waals surface area contributed by atoms with Crippen molar-refractivity contribution < 1.29 is 4.74 Å². The molecule has 1 fully saturated rings. The molecule has 0 amide bonds. The van der Waals surface area contributed by atoms with Crippen LogP contribution < -0.4 is 5.32 Å². The predicted octanol–water partition coefficient (Wildman–Crippen LogP) is 0.937. The topological polar surface area (TPSA) is 64.9 Å². The molecule has 1 N–H and O–H groups in total. The maximum Gasteiger partial charge on any atom is 0.175 e. The van der Waals surface area contributed by atoms with Gasteiger partial charge in [-0.15, -0.1) is 10.2 Å². The number of aryl methyl sites for hydroxylation is 1. The Morgan fingerprint density at radius 1 is 1.32 bits per heavy atom. The lowest BCUT2D eigenvalue weighted by Crippen LogP contribution is -2.47. The second-order valence-corrected chi connectivity index (χ2v) is 6.59. The molecule has 0 bridgehead atoms. The zero-order valence-electron chi connectivity index (χ0n) is 12.4. The molecule has 0 saturated carbocycles. The molecule has 0 aliphatic carbocycles. The number of aromatic nitrogens is 4. The van der Waals surface area contributed by atoms with Gasteiger partial charge in [0.1, 0.15) is 0 Å². The summed E-state index contributed by atoms with van der Waals surface area (Å²) in [6.07, 6.45) is 2.97. The van der Waals surface area contributed by atoms with Gasteiger partial charge >= 0.3 is 0 Å². The highest BCUT2D eigenvalue weighted by Crippen LogP contribution is 2.33. The van der Waals surface area contributed by atoms with Crippen LogP contribution in [0.3, 0.4) is 0 Å². The molecular formula is C13H25N5O. The van der Waals surface area contributed by atoms with Crippen molar-refractivity contribution >= 4 is 0 Å². The van der Waals surface area contributed by atoms with Crippen LogP contribution in [-0.2, 0) is 18.2 Å². The average Bonchev–Trinajstić information content (AvgIpc) is 2.73. The molecular weight excluding hydrogens is 242 g/mol. The number of nitrogens with zero attached hydrogens (tertiary/aromatic N) is 4. The van der Waals surface area contributed by atoms with E-state index in [0.717, 1.165) is 44.8 Å². The molecule has 2 heterocycles. The Balaban J connectivity index is 2.05. The van der Waals surface area contributed by atoms with E-state index in [1.54, 1.807) is 7.05 Å². The minimum absolute atomic E-state index is 0.126. The highest BCUT2D eigenvalue weighted by atomic mass is 16.5. The van der Waals surface area contributed by atoms with Gasteiger partial charge in [-0.3, -0.25) is 0 Å². The van der Waals surface area contributed by atoms with Gasteiger partial charge < -0.3 is 10.1 Å². The van der Waals surface area contributed by atoms with Crippen LogP contribution in [0.4, 0.5) is 0 Å². The van der Waals surface area contributed by atoms with Gasteiger partial charge in [-0.2, -0.15) is 4.80 Å². The zero-order chi connectivity index (χ0) is 13.9. The first-order valence-corrected chi connectivity index (χ1v) is 6.94. The summed E-state index contributed by atoms with van der Waals surface area (Å²) in [5.41, 5.74) is 0.315. The zero-order valence-corrected chi connectivity index (χ0v) is 12.4. The molecule has 1 saturated heterocycles. The van der Waals surface area contributed by atoms with Crippen LogP contribution in [0.2, 0.25) is 0 Å². The number of hydrogen-bond donors (Lipinski definition) is 1. The minimum Gasteiger partial charge on any atom is -0.381 e. The Bertz CT molecular complexity index is 403. The summed E-state index contributed by atoms with van der Waals surface area (Å²) < 4.78 is 5.51. The smallest absolute Gasteiger partial charge is 0.175 e. The lowest BCUT2D eigenvalue weighted by molar-refractivity contribution is 0.0111. The SMILES string of the molecule is Cn1nnc(CC2(CNC(C)(C)C)CCOCC2)n1. The van der Waals surface area contributed by atoms with Crippen molar-refractivity contribution in [1.29, 1.82) is 0 Å². The standard InChI is InChI=1S/C13H25N5O/c1-12(2,3)14-10-13(5-7-19-8-6-13)9-11-15-17-18(4)16-11/h14H,5-10H2,1-4H3. The summed E-state index contributed by atoms with van der Waals surface area (Å²) in [5, 5.41) is 16.0. The number of ether oxygens (including phenoxy) is 1. The quantitative estimate of drug-likeness (QED) is 0.879. The third-order valence-electron chi connectivity index (χ3n) is 3.63. The lowest BCUT2D eigenvalue weighted by atomic mass is 9.76. The van der Waals surface area contributed by atoms with Gasteiger partial charge in [-0.1, -0.05) is 0 Å². The molecule has 6 nitrogen and oxygen atoms in total.